The van der Waals surface area contributed by atoms with Crippen LogP contribution in [0.2, 0.25) is 0 Å². The van der Waals surface area contributed by atoms with Gasteiger partial charge in [-0.3, -0.25) is 4.99 Å². The average molecular weight is 495 g/mol. The highest BCUT2D eigenvalue weighted by molar-refractivity contribution is 14.0. The van der Waals surface area contributed by atoms with E-state index in [4.69, 9.17) is 4.74 Å². The molecule has 1 heterocycles. The van der Waals surface area contributed by atoms with Gasteiger partial charge in [-0.15, -0.1) is 35.3 Å². The van der Waals surface area contributed by atoms with E-state index in [1.54, 1.807) is 36.6 Å². The summed E-state index contributed by atoms with van der Waals surface area (Å²) in [5, 5.41) is 6.48. The molecule has 1 aromatic heterocycles. The Hall–Kier alpha value is -1.42. The Bertz CT molecular complexity index is 695. The van der Waals surface area contributed by atoms with E-state index in [1.165, 1.54) is 9.75 Å². The van der Waals surface area contributed by atoms with Crippen molar-refractivity contribution in [3.05, 3.63) is 51.7 Å². The van der Waals surface area contributed by atoms with Gasteiger partial charge in [0.25, 0.3) is 6.43 Å². The van der Waals surface area contributed by atoms with Crippen LogP contribution in [0.1, 0.15) is 22.2 Å². The number of guanidine groups is 1. The number of aryl methyl sites for hydroxylation is 1. The van der Waals surface area contributed by atoms with Crippen LogP contribution in [0.3, 0.4) is 0 Å². The number of alkyl halides is 2. The molecule has 0 amide bonds. The minimum Gasteiger partial charge on any atom is -0.488 e. The third kappa shape index (κ3) is 7.86. The van der Waals surface area contributed by atoms with Crippen molar-refractivity contribution in [2.75, 3.05) is 13.7 Å². The van der Waals surface area contributed by atoms with Crippen LogP contribution in [0.5, 0.6) is 5.75 Å². The first-order chi connectivity index (χ1) is 12.1. The molecule has 144 valence electrons. The van der Waals surface area contributed by atoms with Gasteiger partial charge in [-0.1, -0.05) is 19.1 Å². The van der Waals surface area contributed by atoms with Crippen molar-refractivity contribution in [1.29, 1.82) is 0 Å². The molecule has 0 aliphatic heterocycles. The lowest BCUT2D eigenvalue weighted by atomic mass is 10.2. The fourth-order valence-corrected chi connectivity index (χ4v) is 3.09. The van der Waals surface area contributed by atoms with Crippen LogP contribution in [-0.2, 0) is 19.5 Å². The maximum Gasteiger partial charge on any atom is 0.272 e. The van der Waals surface area contributed by atoms with Crippen LogP contribution >= 0.6 is 35.3 Å². The monoisotopic (exact) mass is 495 g/mol. The number of rotatable bonds is 8. The molecular formula is C18H24F2IN3OS. The zero-order chi connectivity index (χ0) is 18.1. The molecule has 0 fully saturated rings. The predicted molar refractivity (Wildman–Crippen MR) is 114 cm³/mol. The van der Waals surface area contributed by atoms with Crippen LogP contribution in [0.25, 0.3) is 0 Å². The number of aliphatic imine (C=N–C) groups is 1. The number of hydrogen-bond acceptors (Lipinski definition) is 3. The molecule has 0 bridgehead atoms. The van der Waals surface area contributed by atoms with Gasteiger partial charge < -0.3 is 15.4 Å². The maximum absolute atomic E-state index is 12.2. The van der Waals surface area contributed by atoms with E-state index in [0.29, 0.717) is 24.8 Å². The highest BCUT2D eigenvalue weighted by Gasteiger charge is 2.05. The Morgan fingerprint density at radius 2 is 1.88 bits per heavy atom. The average Bonchev–Trinajstić information content (AvgIpc) is 3.08. The van der Waals surface area contributed by atoms with E-state index < -0.39 is 13.0 Å². The van der Waals surface area contributed by atoms with Crippen LogP contribution < -0.4 is 15.4 Å². The quantitative estimate of drug-likeness (QED) is 0.324. The highest BCUT2D eigenvalue weighted by Crippen LogP contribution is 2.16. The van der Waals surface area contributed by atoms with Crippen molar-refractivity contribution in [3.63, 3.8) is 0 Å². The summed E-state index contributed by atoms with van der Waals surface area (Å²) in [5.74, 6) is 1.12. The Labute approximate surface area is 174 Å². The number of nitrogens with one attached hydrogen (secondary N) is 2. The summed E-state index contributed by atoms with van der Waals surface area (Å²) in [4.78, 5) is 6.81. The number of ether oxygens (including phenoxy) is 1. The van der Waals surface area contributed by atoms with E-state index in [9.17, 15) is 8.78 Å². The van der Waals surface area contributed by atoms with Gasteiger partial charge in [0.15, 0.2) is 5.96 Å². The van der Waals surface area contributed by atoms with Crippen molar-refractivity contribution in [2.24, 2.45) is 4.99 Å². The van der Waals surface area contributed by atoms with Crippen LogP contribution in [0.15, 0.2) is 41.4 Å². The van der Waals surface area contributed by atoms with Gasteiger partial charge in [0.2, 0.25) is 0 Å². The zero-order valence-corrected chi connectivity index (χ0v) is 17.9. The Balaban J connectivity index is 0.00000338. The van der Waals surface area contributed by atoms with E-state index in [2.05, 4.69) is 34.7 Å². The first-order valence-electron chi connectivity index (χ1n) is 8.12. The lowest BCUT2D eigenvalue weighted by Gasteiger charge is -2.12. The Morgan fingerprint density at radius 1 is 1.15 bits per heavy atom. The van der Waals surface area contributed by atoms with Crippen molar-refractivity contribution < 1.29 is 13.5 Å². The minimum absolute atomic E-state index is 0. The molecule has 0 spiro atoms. The van der Waals surface area contributed by atoms with E-state index in [-0.39, 0.29) is 24.0 Å². The standard InChI is InChI=1S/C18H23F2N3OS.HI/c1-3-15-7-8-16(25-15)11-23-18(21-2)22-10-13-5-4-6-14(9-13)24-12-17(19)20;/h4-9,17H,3,10-12H2,1-2H3,(H2,21,22,23);1H. The molecule has 0 atom stereocenters. The van der Waals surface area contributed by atoms with Crippen molar-refractivity contribution >= 4 is 41.3 Å². The van der Waals surface area contributed by atoms with E-state index in [1.807, 2.05) is 6.07 Å². The van der Waals surface area contributed by atoms with Gasteiger partial charge in [0.1, 0.15) is 12.4 Å². The second-order valence-corrected chi connectivity index (χ2v) is 6.60. The van der Waals surface area contributed by atoms with Gasteiger partial charge in [-0.2, -0.15) is 0 Å². The minimum atomic E-state index is -2.48. The topological polar surface area (TPSA) is 45.7 Å². The Kier molecular flexibility index (Phi) is 10.5. The number of thiophene rings is 1. The third-order valence-electron chi connectivity index (χ3n) is 3.45. The van der Waals surface area contributed by atoms with Gasteiger partial charge in [0.05, 0.1) is 6.54 Å². The van der Waals surface area contributed by atoms with Crippen LogP contribution in [0.4, 0.5) is 8.78 Å². The SMILES string of the molecule is CCc1ccc(CNC(=NC)NCc2cccc(OCC(F)F)c2)s1.I. The Morgan fingerprint density at radius 3 is 2.54 bits per heavy atom. The third-order valence-corrected chi connectivity index (χ3v) is 4.68. The summed E-state index contributed by atoms with van der Waals surface area (Å²) >= 11 is 1.79. The second kappa shape index (κ2) is 12.1. The molecule has 2 aromatic rings. The summed E-state index contributed by atoms with van der Waals surface area (Å²) in [6, 6.07) is 11.4. The van der Waals surface area contributed by atoms with E-state index >= 15 is 0 Å². The molecule has 26 heavy (non-hydrogen) atoms. The zero-order valence-electron chi connectivity index (χ0n) is 14.8. The largest absolute Gasteiger partial charge is 0.488 e. The van der Waals surface area contributed by atoms with E-state index in [0.717, 1.165) is 12.0 Å². The molecule has 8 heteroatoms. The first-order valence-corrected chi connectivity index (χ1v) is 8.94. The second-order valence-electron chi connectivity index (χ2n) is 5.35. The summed E-state index contributed by atoms with van der Waals surface area (Å²) in [6.45, 7) is 2.78. The molecule has 0 aliphatic carbocycles. The molecule has 4 nitrogen and oxygen atoms in total. The molecule has 2 N–H and O–H groups in total. The van der Waals surface area contributed by atoms with Gasteiger partial charge in [-0.25, -0.2) is 8.78 Å². The number of nitrogens with zero attached hydrogens (tertiary/aromatic N) is 1. The summed E-state index contributed by atoms with van der Waals surface area (Å²) in [6.07, 6.45) is -1.43. The van der Waals surface area contributed by atoms with Crippen LogP contribution in [0, 0.1) is 0 Å². The first kappa shape index (κ1) is 22.6. The molecule has 1 aromatic carbocycles. The van der Waals surface area contributed by atoms with Crippen molar-refractivity contribution in [1.82, 2.24) is 10.6 Å². The predicted octanol–water partition coefficient (Wildman–Crippen LogP) is 4.44. The maximum atomic E-state index is 12.2. The smallest absolute Gasteiger partial charge is 0.272 e. The number of benzene rings is 1. The van der Waals surface area contributed by atoms with Gasteiger partial charge in [-0.05, 0) is 36.2 Å². The molecule has 0 aliphatic rings. The lowest BCUT2D eigenvalue weighted by Crippen LogP contribution is -2.36. The molecule has 2 rings (SSSR count). The summed E-state index contributed by atoms with van der Waals surface area (Å²) < 4.78 is 29.5. The number of hydrogen-bond donors (Lipinski definition) is 2. The van der Waals surface area contributed by atoms with Crippen LogP contribution in [-0.4, -0.2) is 26.0 Å². The van der Waals surface area contributed by atoms with Gasteiger partial charge >= 0.3 is 0 Å². The van der Waals surface area contributed by atoms with Crippen molar-refractivity contribution in [3.8, 4) is 5.75 Å². The molecule has 0 unspecified atom stereocenters. The molecule has 0 radical (unpaired) electrons. The highest BCUT2D eigenvalue weighted by atomic mass is 127. The molecular weight excluding hydrogens is 471 g/mol. The normalized spacial score (nSPS) is 11.2. The summed E-state index contributed by atoms with van der Waals surface area (Å²) in [5.41, 5.74) is 0.930. The fourth-order valence-electron chi connectivity index (χ4n) is 2.19. The number of halogens is 3. The molecule has 0 saturated carbocycles. The summed E-state index contributed by atoms with van der Waals surface area (Å²) in [7, 11) is 1.71. The van der Waals surface area contributed by atoms with Crippen molar-refractivity contribution in [2.45, 2.75) is 32.9 Å². The molecule has 0 saturated heterocycles. The lowest BCUT2D eigenvalue weighted by molar-refractivity contribution is 0.0818. The van der Waals surface area contributed by atoms with Gasteiger partial charge in [0, 0.05) is 23.3 Å². The fraction of sp³-hybridized carbons (Fsp3) is 0.389.